The smallest absolute Gasteiger partial charge is 0.142 e. The Morgan fingerprint density at radius 2 is 1.78 bits per heavy atom. The number of fused-ring (bicyclic) bond motifs is 1. The second-order valence-electron chi connectivity index (χ2n) is 7.24. The molecule has 3 heterocycles. The van der Waals surface area contributed by atoms with E-state index < -0.39 is 0 Å². The maximum Gasteiger partial charge on any atom is 0.142 e. The fourth-order valence-corrected chi connectivity index (χ4v) is 4.13. The van der Waals surface area contributed by atoms with Gasteiger partial charge in [0.25, 0.3) is 0 Å². The monoisotopic (exact) mass is 360 g/mol. The number of anilines is 1. The van der Waals surface area contributed by atoms with Crippen molar-refractivity contribution in [3.8, 4) is 22.5 Å². The first kappa shape index (κ1) is 16.5. The Balaban J connectivity index is 1.69. The molecule has 5 heteroatoms. The molecule has 1 aliphatic heterocycles. The Bertz CT molecular complexity index is 905. The molecule has 5 rings (SSSR count). The minimum atomic E-state index is 0.741. The van der Waals surface area contributed by atoms with Crippen molar-refractivity contribution in [3.05, 3.63) is 54.0 Å². The number of benzene rings is 1. The Morgan fingerprint density at radius 3 is 2.59 bits per heavy atom. The van der Waals surface area contributed by atoms with Crippen LogP contribution in [0.4, 0.5) is 5.82 Å². The van der Waals surface area contributed by atoms with Gasteiger partial charge in [-0.2, -0.15) is 0 Å². The van der Waals surface area contributed by atoms with Crippen molar-refractivity contribution < 1.29 is 4.74 Å². The van der Waals surface area contributed by atoms with E-state index in [0.717, 1.165) is 56.4 Å². The van der Waals surface area contributed by atoms with Gasteiger partial charge in [-0.15, -0.1) is 0 Å². The average Bonchev–Trinajstić information content (AvgIpc) is 3.18. The quantitative estimate of drug-likeness (QED) is 0.771. The number of rotatable bonds is 3. The molecule has 3 aromatic rings. The van der Waals surface area contributed by atoms with Crippen LogP contribution in [0.1, 0.15) is 24.2 Å². The number of morpholine rings is 1. The van der Waals surface area contributed by atoms with Crippen molar-refractivity contribution in [3.63, 3.8) is 0 Å². The molecular weight excluding hydrogens is 336 g/mol. The van der Waals surface area contributed by atoms with Gasteiger partial charge in [-0.25, -0.2) is 9.97 Å². The molecule has 0 radical (unpaired) electrons. The van der Waals surface area contributed by atoms with Crippen LogP contribution in [0.3, 0.4) is 0 Å². The van der Waals surface area contributed by atoms with E-state index in [1.165, 1.54) is 35.4 Å². The van der Waals surface area contributed by atoms with E-state index in [2.05, 4.69) is 46.3 Å². The molecule has 2 aliphatic rings. The molecule has 5 nitrogen and oxygen atoms in total. The highest BCUT2D eigenvalue weighted by atomic mass is 16.5. The third-order valence-corrected chi connectivity index (χ3v) is 5.52. The van der Waals surface area contributed by atoms with E-state index in [1.807, 2.05) is 6.20 Å². The summed E-state index contributed by atoms with van der Waals surface area (Å²) in [6.07, 6.45) is 6.55. The summed E-state index contributed by atoms with van der Waals surface area (Å²) in [5.74, 6) is 1.96. The van der Waals surface area contributed by atoms with Crippen molar-refractivity contribution in [1.82, 2.24) is 15.0 Å². The molecule has 1 aliphatic carbocycles. The van der Waals surface area contributed by atoms with Gasteiger partial charge in [-0.05, 0) is 42.9 Å². The highest BCUT2D eigenvalue weighted by Crippen LogP contribution is 2.38. The number of aromatic amines is 1. The third kappa shape index (κ3) is 3.12. The van der Waals surface area contributed by atoms with E-state index >= 15 is 0 Å². The van der Waals surface area contributed by atoms with Gasteiger partial charge in [0.15, 0.2) is 0 Å². The summed E-state index contributed by atoms with van der Waals surface area (Å²) in [6.45, 7) is 3.20. The van der Waals surface area contributed by atoms with Gasteiger partial charge in [0, 0.05) is 25.0 Å². The van der Waals surface area contributed by atoms with Crippen LogP contribution in [0.25, 0.3) is 22.5 Å². The summed E-state index contributed by atoms with van der Waals surface area (Å²) in [7, 11) is 0. The predicted molar refractivity (Wildman–Crippen MR) is 107 cm³/mol. The summed E-state index contributed by atoms with van der Waals surface area (Å²) in [5.41, 5.74) is 6.01. The molecule has 0 atom stereocenters. The van der Waals surface area contributed by atoms with Gasteiger partial charge in [0.1, 0.15) is 11.6 Å². The second kappa shape index (κ2) is 7.16. The fraction of sp³-hybridized carbons (Fsp3) is 0.364. The summed E-state index contributed by atoms with van der Waals surface area (Å²) >= 11 is 0. The number of nitrogens with zero attached hydrogens (tertiary/aromatic N) is 3. The van der Waals surface area contributed by atoms with Crippen LogP contribution < -0.4 is 4.90 Å². The number of H-pyrrole nitrogens is 1. The molecule has 0 amide bonds. The van der Waals surface area contributed by atoms with Gasteiger partial charge in [-0.1, -0.05) is 30.3 Å². The Hall–Kier alpha value is -2.66. The van der Waals surface area contributed by atoms with E-state index in [1.54, 1.807) is 0 Å². The number of pyridine rings is 1. The standard InChI is InChI=1S/C22H24N4O/c1-2-6-16(7-3-1)17-10-11-23-22(26-12-14-27-15-13-26)20(17)21-24-18-8-4-5-9-19(18)25-21/h1-3,6-7,10-11H,4-5,8-9,12-15H2,(H,24,25). The summed E-state index contributed by atoms with van der Waals surface area (Å²) in [4.78, 5) is 15.7. The topological polar surface area (TPSA) is 54.0 Å². The van der Waals surface area contributed by atoms with Crippen LogP contribution in [-0.4, -0.2) is 41.3 Å². The van der Waals surface area contributed by atoms with Crippen molar-refractivity contribution in [2.24, 2.45) is 0 Å². The van der Waals surface area contributed by atoms with Crippen molar-refractivity contribution in [1.29, 1.82) is 0 Å². The van der Waals surface area contributed by atoms with Crippen LogP contribution in [0.5, 0.6) is 0 Å². The lowest BCUT2D eigenvalue weighted by atomic mass is 10.00. The van der Waals surface area contributed by atoms with E-state index in [0.29, 0.717) is 0 Å². The highest BCUT2D eigenvalue weighted by molar-refractivity contribution is 5.88. The summed E-state index contributed by atoms with van der Waals surface area (Å²) < 4.78 is 5.56. The van der Waals surface area contributed by atoms with Gasteiger partial charge >= 0.3 is 0 Å². The number of ether oxygens (including phenoxy) is 1. The molecular formula is C22H24N4O. The minimum Gasteiger partial charge on any atom is -0.378 e. The molecule has 138 valence electrons. The number of hydrogen-bond acceptors (Lipinski definition) is 4. The van der Waals surface area contributed by atoms with Crippen LogP contribution in [0, 0.1) is 0 Å². The molecule has 0 saturated carbocycles. The van der Waals surface area contributed by atoms with Crippen LogP contribution in [0.15, 0.2) is 42.6 Å². The van der Waals surface area contributed by atoms with Gasteiger partial charge in [0.05, 0.1) is 24.5 Å². The van der Waals surface area contributed by atoms with E-state index in [9.17, 15) is 0 Å². The van der Waals surface area contributed by atoms with Gasteiger partial charge in [-0.3, -0.25) is 0 Å². The predicted octanol–water partition coefficient (Wildman–Crippen LogP) is 3.85. The molecule has 0 spiro atoms. The SMILES string of the molecule is c1ccc(-c2ccnc(N3CCOCC3)c2-c2nc3c([nH]2)CCCC3)cc1. The lowest BCUT2D eigenvalue weighted by molar-refractivity contribution is 0.122. The number of aryl methyl sites for hydroxylation is 2. The zero-order valence-electron chi connectivity index (χ0n) is 15.4. The number of hydrogen-bond donors (Lipinski definition) is 1. The van der Waals surface area contributed by atoms with Crippen molar-refractivity contribution in [2.45, 2.75) is 25.7 Å². The Labute approximate surface area is 159 Å². The Morgan fingerprint density at radius 1 is 0.963 bits per heavy atom. The lowest BCUT2D eigenvalue weighted by Crippen LogP contribution is -2.37. The minimum absolute atomic E-state index is 0.741. The zero-order valence-corrected chi connectivity index (χ0v) is 15.4. The Kier molecular flexibility index (Phi) is 4.38. The van der Waals surface area contributed by atoms with E-state index in [4.69, 9.17) is 14.7 Å². The maximum absolute atomic E-state index is 5.56. The number of imidazole rings is 1. The number of nitrogens with one attached hydrogen (secondary N) is 1. The molecule has 1 aromatic carbocycles. The third-order valence-electron chi connectivity index (χ3n) is 5.52. The zero-order chi connectivity index (χ0) is 18.1. The van der Waals surface area contributed by atoms with E-state index in [-0.39, 0.29) is 0 Å². The molecule has 0 unspecified atom stereocenters. The van der Waals surface area contributed by atoms with Crippen LogP contribution >= 0.6 is 0 Å². The van der Waals surface area contributed by atoms with Crippen molar-refractivity contribution >= 4 is 5.82 Å². The maximum atomic E-state index is 5.56. The van der Waals surface area contributed by atoms with Crippen LogP contribution in [-0.2, 0) is 17.6 Å². The molecule has 0 bridgehead atoms. The lowest BCUT2D eigenvalue weighted by Gasteiger charge is -2.30. The number of aromatic nitrogens is 3. The van der Waals surface area contributed by atoms with Crippen molar-refractivity contribution in [2.75, 3.05) is 31.2 Å². The van der Waals surface area contributed by atoms with Crippen LogP contribution in [0.2, 0.25) is 0 Å². The summed E-state index contributed by atoms with van der Waals surface area (Å²) in [6, 6.07) is 12.6. The first-order valence-corrected chi connectivity index (χ1v) is 9.85. The first-order valence-electron chi connectivity index (χ1n) is 9.85. The molecule has 1 N–H and O–H groups in total. The van der Waals surface area contributed by atoms with Gasteiger partial charge < -0.3 is 14.6 Å². The second-order valence-corrected chi connectivity index (χ2v) is 7.24. The summed E-state index contributed by atoms with van der Waals surface area (Å²) in [5, 5.41) is 0. The highest BCUT2D eigenvalue weighted by Gasteiger charge is 2.24. The molecule has 2 aromatic heterocycles. The first-order chi connectivity index (χ1) is 13.4. The average molecular weight is 360 g/mol. The fourth-order valence-electron chi connectivity index (χ4n) is 4.13. The largest absolute Gasteiger partial charge is 0.378 e. The molecule has 1 fully saturated rings. The van der Waals surface area contributed by atoms with Gasteiger partial charge in [0.2, 0.25) is 0 Å². The normalized spacial score (nSPS) is 17.0. The molecule has 1 saturated heterocycles. The molecule has 27 heavy (non-hydrogen) atoms.